The Labute approximate surface area is 145 Å². The molecule has 1 amide bonds. The lowest BCUT2D eigenvalue weighted by molar-refractivity contribution is 0.0211. The molecule has 130 valence electrons. The molecule has 1 aliphatic heterocycles. The Bertz CT molecular complexity index is 784. The van der Waals surface area contributed by atoms with Crippen molar-refractivity contribution < 1.29 is 13.9 Å². The molecular formula is C17H21ClFN3O2. The summed E-state index contributed by atoms with van der Waals surface area (Å²) in [5, 5.41) is 0.624. The van der Waals surface area contributed by atoms with E-state index in [0.29, 0.717) is 10.8 Å². The molecule has 2 aromatic rings. The van der Waals surface area contributed by atoms with Gasteiger partial charge in [0.1, 0.15) is 17.6 Å². The van der Waals surface area contributed by atoms with Crippen LogP contribution in [0, 0.1) is 6.92 Å². The van der Waals surface area contributed by atoms with Gasteiger partial charge in [-0.05, 0) is 45.4 Å². The summed E-state index contributed by atoms with van der Waals surface area (Å²) in [5.74, 6) is 0.557. The number of hydrogen-bond donors (Lipinski definition) is 1. The standard InChI is InChI=1S/C17H21ClFN3O2/c1-9-11(18)5-6-12-14(9)21-15(20-12)13-7-10(19)8-22(13)16(23)24-17(2,3)4/h5-6,10,13H,7-8H2,1-4H3,(H,20,21). The van der Waals surface area contributed by atoms with E-state index < -0.39 is 23.9 Å². The molecule has 3 rings (SSSR count). The van der Waals surface area contributed by atoms with Crippen LogP contribution in [-0.2, 0) is 4.74 Å². The molecule has 0 aliphatic carbocycles. The van der Waals surface area contributed by atoms with Crippen molar-refractivity contribution in [3.63, 3.8) is 0 Å². The maximum Gasteiger partial charge on any atom is 0.411 e. The van der Waals surface area contributed by atoms with Crippen LogP contribution in [0.3, 0.4) is 0 Å². The third-order valence-corrected chi connectivity index (χ3v) is 4.46. The largest absolute Gasteiger partial charge is 0.444 e. The second-order valence-electron chi connectivity index (χ2n) is 7.17. The van der Waals surface area contributed by atoms with Crippen LogP contribution < -0.4 is 0 Å². The fourth-order valence-electron chi connectivity index (χ4n) is 2.93. The van der Waals surface area contributed by atoms with Crippen LogP contribution in [-0.4, -0.2) is 39.3 Å². The molecule has 1 aromatic heterocycles. The summed E-state index contributed by atoms with van der Waals surface area (Å²) in [5.41, 5.74) is 1.78. The van der Waals surface area contributed by atoms with Gasteiger partial charge in [0.2, 0.25) is 0 Å². The number of nitrogens with zero attached hydrogens (tertiary/aromatic N) is 2. The SMILES string of the molecule is Cc1c(Cl)ccc2[nH]c(C3CC(F)CN3C(=O)OC(C)(C)C)nc12. The fraction of sp³-hybridized carbons (Fsp3) is 0.529. The van der Waals surface area contributed by atoms with Gasteiger partial charge >= 0.3 is 6.09 Å². The number of fused-ring (bicyclic) bond motifs is 1. The van der Waals surface area contributed by atoms with Crippen molar-refractivity contribution in [1.82, 2.24) is 14.9 Å². The molecule has 5 nitrogen and oxygen atoms in total. The van der Waals surface area contributed by atoms with Gasteiger partial charge in [0, 0.05) is 11.4 Å². The van der Waals surface area contributed by atoms with Crippen molar-refractivity contribution in [1.29, 1.82) is 0 Å². The number of aryl methyl sites for hydroxylation is 1. The second-order valence-corrected chi connectivity index (χ2v) is 7.58. The smallest absolute Gasteiger partial charge is 0.411 e. The first-order chi connectivity index (χ1) is 11.2. The number of H-pyrrole nitrogens is 1. The van der Waals surface area contributed by atoms with Crippen LogP contribution in [0.2, 0.25) is 5.02 Å². The topological polar surface area (TPSA) is 58.2 Å². The van der Waals surface area contributed by atoms with Crippen molar-refractivity contribution in [2.45, 2.75) is 51.9 Å². The molecule has 0 radical (unpaired) electrons. The van der Waals surface area contributed by atoms with Crippen LogP contribution >= 0.6 is 11.6 Å². The fourth-order valence-corrected chi connectivity index (χ4v) is 3.08. The first-order valence-corrected chi connectivity index (χ1v) is 8.32. The van der Waals surface area contributed by atoms with Crippen LogP contribution in [0.5, 0.6) is 0 Å². The lowest BCUT2D eigenvalue weighted by Gasteiger charge is -2.27. The van der Waals surface area contributed by atoms with Gasteiger partial charge in [0.25, 0.3) is 0 Å². The highest BCUT2D eigenvalue weighted by Gasteiger charge is 2.40. The molecule has 2 heterocycles. The van der Waals surface area contributed by atoms with E-state index in [-0.39, 0.29) is 13.0 Å². The number of amides is 1. The molecule has 1 saturated heterocycles. The van der Waals surface area contributed by atoms with Crippen molar-refractivity contribution in [2.24, 2.45) is 0 Å². The van der Waals surface area contributed by atoms with E-state index >= 15 is 0 Å². The third kappa shape index (κ3) is 3.20. The summed E-state index contributed by atoms with van der Waals surface area (Å²) in [6, 6.07) is 3.15. The van der Waals surface area contributed by atoms with Crippen molar-refractivity contribution in [2.75, 3.05) is 6.54 Å². The molecule has 1 fully saturated rings. The van der Waals surface area contributed by atoms with Crippen LogP contribution in [0.25, 0.3) is 11.0 Å². The number of halogens is 2. The minimum atomic E-state index is -1.10. The molecule has 0 saturated carbocycles. The van der Waals surface area contributed by atoms with E-state index in [1.54, 1.807) is 26.8 Å². The zero-order valence-electron chi connectivity index (χ0n) is 14.2. The van der Waals surface area contributed by atoms with E-state index in [0.717, 1.165) is 16.6 Å². The summed E-state index contributed by atoms with van der Waals surface area (Å²) in [7, 11) is 0. The molecule has 0 spiro atoms. The Morgan fingerprint density at radius 3 is 2.83 bits per heavy atom. The Hall–Kier alpha value is -1.82. The van der Waals surface area contributed by atoms with Crippen molar-refractivity contribution in [3.8, 4) is 0 Å². The van der Waals surface area contributed by atoms with Gasteiger partial charge in [-0.1, -0.05) is 11.6 Å². The number of aromatic nitrogens is 2. The summed E-state index contributed by atoms with van der Waals surface area (Å²) >= 11 is 6.13. The molecule has 1 aromatic carbocycles. The van der Waals surface area contributed by atoms with E-state index in [9.17, 15) is 9.18 Å². The Morgan fingerprint density at radius 1 is 1.46 bits per heavy atom. The zero-order chi connectivity index (χ0) is 17.6. The number of likely N-dealkylation sites (tertiary alicyclic amines) is 1. The first-order valence-electron chi connectivity index (χ1n) is 7.94. The van der Waals surface area contributed by atoms with Crippen LogP contribution in [0.1, 0.15) is 44.6 Å². The number of alkyl halides is 1. The predicted octanol–water partition coefficient (Wildman–Crippen LogP) is 4.54. The Morgan fingerprint density at radius 2 is 2.17 bits per heavy atom. The normalized spacial score (nSPS) is 21.5. The molecule has 7 heteroatoms. The first kappa shape index (κ1) is 17.0. The van der Waals surface area contributed by atoms with Crippen LogP contribution in [0.4, 0.5) is 9.18 Å². The van der Waals surface area contributed by atoms with E-state index in [1.807, 2.05) is 13.0 Å². The monoisotopic (exact) mass is 353 g/mol. The molecule has 1 N–H and O–H groups in total. The predicted molar refractivity (Wildman–Crippen MR) is 91.0 cm³/mol. The second kappa shape index (κ2) is 5.92. The molecule has 2 atom stereocenters. The Balaban J connectivity index is 1.94. The van der Waals surface area contributed by atoms with Gasteiger partial charge in [0.15, 0.2) is 0 Å². The maximum absolute atomic E-state index is 14.0. The average Bonchev–Trinajstić information content (AvgIpc) is 3.05. The lowest BCUT2D eigenvalue weighted by atomic mass is 10.2. The minimum absolute atomic E-state index is 0.0103. The number of rotatable bonds is 1. The number of nitrogens with one attached hydrogen (secondary N) is 1. The third-order valence-electron chi connectivity index (χ3n) is 4.05. The highest BCUT2D eigenvalue weighted by molar-refractivity contribution is 6.32. The van der Waals surface area contributed by atoms with Crippen molar-refractivity contribution in [3.05, 3.63) is 28.5 Å². The molecule has 0 bridgehead atoms. The maximum atomic E-state index is 14.0. The quantitative estimate of drug-likeness (QED) is 0.818. The average molecular weight is 354 g/mol. The van der Waals surface area contributed by atoms with Gasteiger partial charge in [-0.25, -0.2) is 14.2 Å². The van der Waals surface area contributed by atoms with Gasteiger partial charge in [-0.3, -0.25) is 4.90 Å². The van der Waals surface area contributed by atoms with E-state index in [1.165, 1.54) is 4.90 Å². The number of benzene rings is 1. The Kier molecular flexibility index (Phi) is 4.20. The number of aromatic amines is 1. The van der Waals surface area contributed by atoms with Crippen LogP contribution in [0.15, 0.2) is 12.1 Å². The number of hydrogen-bond acceptors (Lipinski definition) is 3. The summed E-state index contributed by atoms with van der Waals surface area (Å²) in [6.07, 6.45) is -1.42. The molecule has 24 heavy (non-hydrogen) atoms. The van der Waals surface area contributed by atoms with E-state index in [4.69, 9.17) is 16.3 Å². The lowest BCUT2D eigenvalue weighted by Crippen LogP contribution is -2.37. The zero-order valence-corrected chi connectivity index (χ0v) is 14.9. The summed E-state index contributed by atoms with van der Waals surface area (Å²) in [4.78, 5) is 21.6. The van der Waals surface area contributed by atoms with Gasteiger partial charge < -0.3 is 9.72 Å². The molecule has 1 aliphatic rings. The highest BCUT2D eigenvalue weighted by atomic mass is 35.5. The molecule has 2 unspecified atom stereocenters. The van der Waals surface area contributed by atoms with Gasteiger partial charge in [0.05, 0.1) is 23.6 Å². The van der Waals surface area contributed by atoms with E-state index in [2.05, 4.69) is 9.97 Å². The molecular weight excluding hydrogens is 333 g/mol. The minimum Gasteiger partial charge on any atom is -0.444 e. The highest BCUT2D eigenvalue weighted by Crippen LogP contribution is 2.35. The number of carbonyl (C=O) groups is 1. The number of imidazole rings is 1. The van der Waals surface area contributed by atoms with Gasteiger partial charge in [-0.2, -0.15) is 0 Å². The van der Waals surface area contributed by atoms with Gasteiger partial charge in [-0.15, -0.1) is 0 Å². The summed E-state index contributed by atoms with van der Waals surface area (Å²) < 4.78 is 19.4. The number of carbonyl (C=O) groups excluding carboxylic acids is 1. The van der Waals surface area contributed by atoms with Crippen molar-refractivity contribution >= 4 is 28.7 Å². The number of ether oxygens (including phenoxy) is 1. The summed E-state index contributed by atoms with van der Waals surface area (Å²) in [6.45, 7) is 7.25.